The third-order valence-corrected chi connectivity index (χ3v) is 3.96. The first-order valence-electron chi connectivity index (χ1n) is 6.13. The molecule has 0 fully saturated rings. The summed E-state index contributed by atoms with van der Waals surface area (Å²) in [6.45, 7) is 1.80. The van der Waals surface area contributed by atoms with Crippen molar-refractivity contribution < 1.29 is 14.7 Å². The number of fused-ring (bicyclic) bond motifs is 1. The van der Waals surface area contributed by atoms with Crippen LogP contribution in [0.2, 0.25) is 0 Å². The number of carboxylic acids is 1. The number of aryl methyl sites for hydroxylation is 1. The lowest BCUT2D eigenvalue weighted by Gasteiger charge is -2.04. The van der Waals surface area contributed by atoms with Crippen LogP contribution in [0.25, 0.3) is 11.0 Å². The van der Waals surface area contributed by atoms with Crippen LogP contribution in [0.1, 0.15) is 25.6 Å². The van der Waals surface area contributed by atoms with Crippen molar-refractivity contribution in [1.82, 2.24) is 9.97 Å². The van der Waals surface area contributed by atoms with Crippen LogP contribution in [0.5, 0.6) is 0 Å². The topological polar surface area (TPSA) is 95.1 Å². The molecule has 2 heterocycles. The molecule has 0 bridgehead atoms. The van der Waals surface area contributed by atoms with E-state index >= 15 is 0 Å². The molecule has 0 spiro atoms. The molecule has 0 saturated heterocycles. The van der Waals surface area contributed by atoms with Crippen molar-refractivity contribution in [3.63, 3.8) is 0 Å². The van der Waals surface area contributed by atoms with Crippen molar-refractivity contribution in [2.75, 3.05) is 5.32 Å². The molecule has 0 saturated carbocycles. The van der Waals surface area contributed by atoms with Crippen molar-refractivity contribution in [2.24, 2.45) is 0 Å². The molecular weight excluding hydrogens is 290 g/mol. The molecule has 0 atom stereocenters. The lowest BCUT2D eigenvalue weighted by atomic mass is 10.2. The van der Waals surface area contributed by atoms with Crippen LogP contribution in [0, 0.1) is 6.92 Å². The zero-order valence-corrected chi connectivity index (χ0v) is 11.8. The largest absolute Gasteiger partial charge is 0.478 e. The Kier molecular flexibility index (Phi) is 3.19. The standard InChI is InChI=1S/C14H11N3O3S/c1-7-4-9(14(19)20)13(21-7)17-12(18)8-2-3-10-11(5-8)16-6-15-10/h2-6H,1H3,(H,15,16)(H,17,18)(H,19,20). The van der Waals surface area contributed by atoms with Gasteiger partial charge in [0.15, 0.2) is 0 Å². The Labute approximate surface area is 123 Å². The van der Waals surface area contributed by atoms with Crippen molar-refractivity contribution in [2.45, 2.75) is 6.92 Å². The summed E-state index contributed by atoms with van der Waals surface area (Å²) < 4.78 is 0. The smallest absolute Gasteiger partial charge is 0.338 e. The van der Waals surface area contributed by atoms with Gasteiger partial charge in [-0.25, -0.2) is 9.78 Å². The minimum absolute atomic E-state index is 0.105. The highest BCUT2D eigenvalue weighted by atomic mass is 32.1. The van der Waals surface area contributed by atoms with Crippen molar-refractivity contribution in [1.29, 1.82) is 0 Å². The van der Waals surface area contributed by atoms with Gasteiger partial charge in [0.05, 0.1) is 22.9 Å². The van der Waals surface area contributed by atoms with Crippen LogP contribution in [-0.4, -0.2) is 27.0 Å². The number of hydrogen-bond acceptors (Lipinski definition) is 4. The van der Waals surface area contributed by atoms with Gasteiger partial charge < -0.3 is 15.4 Å². The number of aromatic nitrogens is 2. The molecule has 3 N–H and O–H groups in total. The maximum absolute atomic E-state index is 12.2. The molecule has 6 nitrogen and oxygen atoms in total. The molecule has 0 radical (unpaired) electrons. The van der Waals surface area contributed by atoms with Gasteiger partial charge in [-0.1, -0.05) is 0 Å². The molecule has 3 aromatic rings. The molecule has 21 heavy (non-hydrogen) atoms. The maximum atomic E-state index is 12.2. The fourth-order valence-corrected chi connectivity index (χ4v) is 2.92. The summed E-state index contributed by atoms with van der Waals surface area (Å²) in [6, 6.07) is 6.61. The van der Waals surface area contributed by atoms with Crippen molar-refractivity contribution >= 4 is 39.2 Å². The van der Waals surface area contributed by atoms with E-state index in [0.717, 1.165) is 15.9 Å². The van der Waals surface area contributed by atoms with Gasteiger partial charge in [-0.3, -0.25) is 4.79 Å². The number of amides is 1. The van der Waals surface area contributed by atoms with Gasteiger partial charge in [0.2, 0.25) is 0 Å². The number of aromatic amines is 1. The zero-order valence-electron chi connectivity index (χ0n) is 11.0. The van der Waals surface area contributed by atoms with Crippen molar-refractivity contribution in [3.05, 3.63) is 46.6 Å². The second kappa shape index (κ2) is 5.02. The summed E-state index contributed by atoms with van der Waals surface area (Å²) in [5, 5.41) is 12.1. The highest BCUT2D eigenvalue weighted by Gasteiger charge is 2.17. The second-order valence-electron chi connectivity index (χ2n) is 4.49. The lowest BCUT2D eigenvalue weighted by Crippen LogP contribution is -2.13. The van der Waals surface area contributed by atoms with Gasteiger partial charge in [-0.2, -0.15) is 0 Å². The van der Waals surface area contributed by atoms with Crippen LogP contribution in [0.4, 0.5) is 5.00 Å². The summed E-state index contributed by atoms with van der Waals surface area (Å²) in [4.78, 5) is 31.2. The number of thiophene rings is 1. The van der Waals surface area contributed by atoms with Gasteiger partial charge in [0, 0.05) is 10.4 Å². The number of aromatic carboxylic acids is 1. The van der Waals surface area contributed by atoms with Crippen LogP contribution < -0.4 is 5.32 Å². The number of carbonyl (C=O) groups excluding carboxylic acids is 1. The Bertz CT molecular complexity index is 850. The number of imidazole rings is 1. The lowest BCUT2D eigenvalue weighted by molar-refractivity contribution is 0.0698. The summed E-state index contributed by atoms with van der Waals surface area (Å²) in [6.07, 6.45) is 1.55. The summed E-state index contributed by atoms with van der Waals surface area (Å²) in [7, 11) is 0. The molecule has 0 unspecified atom stereocenters. The van der Waals surface area contributed by atoms with Crippen LogP contribution in [-0.2, 0) is 0 Å². The minimum atomic E-state index is -1.06. The van der Waals surface area contributed by atoms with E-state index in [4.69, 9.17) is 5.11 Å². The van der Waals surface area contributed by atoms with Gasteiger partial charge in [-0.15, -0.1) is 11.3 Å². The molecule has 7 heteroatoms. The number of carboxylic acid groups (broad SMARTS) is 1. The van der Waals surface area contributed by atoms with E-state index in [0.29, 0.717) is 10.6 Å². The molecular formula is C14H11N3O3S. The van der Waals surface area contributed by atoms with Crippen LogP contribution >= 0.6 is 11.3 Å². The molecule has 3 rings (SSSR count). The fourth-order valence-electron chi connectivity index (χ4n) is 2.02. The van der Waals surface area contributed by atoms with E-state index in [-0.39, 0.29) is 11.5 Å². The Hall–Kier alpha value is -2.67. The Morgan fingerprint density at radius 3 is 2.90 bits per heavy atom. The second-order valence-corrected chi connectivity index (χ2v) is 5.75. The number of benzene rings is 1. The van der Waals surface area contributed by atoms with Gasteiger partial charge in [-0.05, 0) is 31.2 Å². The summed E-state index contributed by atoms with van der Waals surface area (Å²) >= 11 is 1.24. The average molecular weight is 301 g/mol. The zero-order chi connectivity index (χ0) is 15.0. The molecule has 1 aromatic carbocycles. The van der Waals surface area contributed by atoms with Gasteiger partial charge in [0.25, 0.3) is 5.91 Å². The normalized spacial score (nSPS) is 10.7. The molecule has 2 aromatic heterocycles. The SMILES string of the molecule is Cc1cc(C(=O)O)c(NC(=O)c2ccc3nc[nH]c3c2)s1. The fraction of sp³-hybridized carbons (Fsp3) is 0.0714. The molecule has 0 aliphatic rings. The van der Waals surface area contributed by atoms with Gasteiger partial charge >= 0.3 is 5.97 Å². The quantitative estimate of drug-likeness (QED) is 0.693. The first-order valence-corrected chi connectivity index (χ1v) is 6.94. The number of carbonyl (C=O) groups is 2. The third-order valence-electron chi connectivity index (χ3n) is 3.00. The Morgan fingerprint density at radius 2 is 2.14 bits per heavy atom. The van der Waals surface area contributed by atoms with Crippen molar-refractivity contribution in [3.8, 4) is 0 Å². The minimum Gasteiger partial charge on any atom is -0.478 e. The Morgan fingerprint density at radius 1 is 1.33 bits per heavy atom. The number of anilines is 1. The first-order chi connectivity index (χ1) is 10.0. The molecule has 1 amide bonds. The highest BCUT2D eigenvalue weighted by molar-refractivity contribution is 7.16. The monoisotopic (exact) mass is 301 g/mol. The van der Waals surface area contributed by atoms with Crippen LogP contribution in [0.15, 0.2) is 30.6 Å². The average Bonchev–Trinajstić information content (AvgIpc) is 3.04. The summed E-state index contributed by atoms with van der Waals surface area (Å²) in [5.41, 5.74) is 2.07. The van der Waals surface area contributed by atoms with Gasteiger partial charge in [0.1, 0.15) is 5.00 Å². The number of nitrogens with zero attached hydrogens (tertiary/aromatic N) is 1. The number of H-pyrrole nitrogens is 1. The maximum Gasteiger partial charge on any atom is 0.338 e. The van der Waals surface area contributed by atoms with E-state index in [2.05, 4.69) is 15.3 Å². The predicted octanol–water partition coefficient (Wildman–Crippen LogP) is 2.88. The predicted molar refractivity (Wildman–Crippen MR) is 80.1 cm³/mol. The third kappa shape index (κ3) is 2.50. The van der Waals surface area contributed by atoms with E-state index in [1.807, 2.05) is 0 Å². The van der Waals surface area contributed by atoms with E-state index < -0.39 is 5.97 Å². The van der Waals surface area contributed by atoms with E-state index in [1.54, 1.807) is 37.5 Å². The Balaban J connectivity index is 1.90. The first kappa shape index (κ1) is 13.3. The number of hydrogen-bond donors (Lipinski definition) is 3. The molecule has 0 aliphatic heterocycles. The molecule has 0 aliphatic carbocycles. The summed E-state index contributed by atoms with van der Waals surface area (Å²) in [5.74, 6) is -1.41. The number of rotatable bonds is 3. The number of nitrogens with one attached hydrogen (secondary N) is 2. The van der Waals surface area contributed by atoms with E-state index in [9.17, 15) is 9.59 Å². The van der Waals surface area contributed by atoms with E-state index in [1.165, 1.54) is 11.3 Å². The molecule has 106 valence electrons. The highest BCUT2D eigenvalue weighted by Crippen LogP contribution is 2.28. The van der Waals surface area contributed by atoms with Crippen LogP contribution in [0.3, 0.4) is 0 Å².